The van der Waals surface area contributed by atoms with Gasteiger partial charge in [0, 0.05) is 31.7 Å². The minimum Gasteiger partial charge on any atom is -0.476 e. The summed E-state index contributed by atoms with van der Waals surface area (Å²) < 4.78 is 1.83. The van der Waals surface area contributed by atoms with Gasteiger partial charge in [-0.1, -0.05) is 36.4 Å². The second-order valence-corrected chi connectivity index (χ2v) is 6.42. The molecule has 7 nitrogen and oxygen atoms in total. The monoisotopic (exact) mass is 362 g/mol. The van der Waals surface area contributed by atoms with Crippen molar-refractivity contribution in [3.63, 3.8) is 0 Å². The van der Waals surface area contributed by atoms with Crippen LogP contribution in [0.5, 0.6) is 0 Å². The average molecular weight is 362 g/mol. The molecule has 1 N–H and O–H groups in total. The molecule has 0 saturated heterocycles. The Labute approximate surface area is 155 Å². The van der Waals surface area contributed by atoms with Crippen molar-refractivity contribution in [3.8, 4) is 0 Å². The average Bonchev–Trinajstić information content (AvgIpc) is 3.13. The number of carboxylic acid groups (broad SMARTS) is 1. The van der Waals surface area contributed by atoms with Crippen LogP contribution < -0.4 is 0 Å². The van der Waals surface area contributed by atoms with E-state index < -0.39 is 12.0 Å². The van der Waals surface area contributed by atoms with Crippen LogP contribution in [0.4, 0.5) is 0 Å². The molecule has 27 heavy (non-hydrogen) atoms. The highest BCUT2D eigenvalue weighted by Gasteiger charge is 2.34. The van der Waals surface area contributed by atoms with E-state index in [4.69, 9.17) is 0 Å². The molecule has 1 aromatic carbocycles. The highest BCUT2D eigenvalue weighted by molar-refractivity contribution is 5.85. The lowest BCUT2D eigenvalue weighted by molar-refractivity contribution is -0.133. The molecule has 0 fully saturated rings. The second kappa shape index (κ2) is 7.03. The lowest BCUT2D eigenvalue weighted by Crippen LogP contribution is -2.43. The molecular weight excluding hydrogens is 344 g/mol. The van der Waals surface area contributed by atoms with Gasteiger partial charge in [0.2, 0.25) is 5.91 Å². The number of pyridine rings is 1. The van der Waals surface area contributed by atoms with Crippen molar-refractivity contribution in [1.82, 2.24) is 19.4 Å². The van der Waals surface area contributed by atoms with E-state index >= 15 is 0 Å². The van der Waals surface area contributed by atoms with Gasteiger partial charge in [-0.25, -0.2) is 9.78 Å². The van der Waals surface area contributed by atoms with Gasteiger partial charge in [-0.15, -0.1) is 0 Å². The van der Waals surface area contributed by atoms with E-state index in [1.54, 1.807) is 23.4 Å². The first kappa shape index (κ1) is 17.0. The van der Waals surface area contributed by atoms with Crippen LogP contribution in [0, 0.1) is 0 Å². The summed E-state index contributed by atoms with van der Waals surface area (Å²) >= 11 is 0. The molecule has 4 rings (SSSR count). The largest absolute Gasteiger partial charge is 0.476 e. The Morgan fingerprint density at radius 2 is 1.93 bits per heavy atom. The predicted octanol–water partition coefficient (Wildman–Crippen LogP) is 2.15. The highest BCUT2D eigenvalue weighted by Crippen LogP contribution is 2.32. The van der Waals surface area contributed by atoms with Crippen LogP contribution in [0.2, 0.25) is 0 Å². The van der Waals surface area contributed by atoms with E-state index in [1.807, 2.05) is 41.0 Å². The minimum absolute atomic E-state index is 0.00695. The van der Waals surface area contributed by atoms with Crippen LogP contribution in [0.15, 0.2) is 61.1 Å². The van der Waals surface area contributed by atoms with Crippen LogP contribution in [0.3, 0.4) is 0 Å². The minimum atomic E-state index is -1.07. The van der Waals surface area contributed by atoms with Crippen LogP contribution in [-0.2, 0) is 17.8 Å². The SMILES string of the molecule is O=C(O)c1cn2c(n1)C(c1ccccc1)N(C(=O)Cc1cccnc1)CC2. The first-order valence-corrected chi connectivity index (χ1v) is 8.67. The number of hydrogen-bond acceptors (Lipinski definition) is 4. The van der Waals surface area contributed by atoms with Crippen LogP contribution >= 0.6 is 0 Å². The molecule has 1 amide bonds. The number of fused-ring (bicyclic) bond motifs is 1. The van der Waals surface area contributed by atoms with Crippen LogP contribution in [0.25, 0.3) is 0 Å². The molecular formula is C20H18N4O3. The normalized spacial score (nSPS) is 16.0. The summed E-state index contributed by atoms with van der Waals surface area (Å²) in [6.07, 6.45) is 5.13. The van der Waals surface area contributed by atoms with Gasteiger partial charge in [0.05, 0.1) is 6.42 Å². The van der Waals surface area contributed by atoms with E-state index in [1.165, 1.54) is 6.20 Å². The van der Waals surface area contributed by atoms with Crippen molar-refractivity contribution in [1.29, 1.82) is 0 Å². The van der Waals surface area contributed by atoms with Gasteiger partial charge in [0.15, 0.2) is 5.69 Å². The fourth-order valence-electron chi connectivity index (χ4n) is 3.43. The number of rotatable bonds is 4. The molecule has 1 atom stereocenters. The van der Waals surface area contributed by atoms with Gasteiger partial charge in [-0.3, -0.25) is 9.78 Å². The Morgan fingerprint density at radius 1 is 1.11 bits per heavy atom. The molecule has 0 radical (unpaired) electrons. The summed E-state index contributed by atoms with van der Waals surface area (Å²) in [5, 5.41) is 9.30. The summed E-state index contributed by atoms with van der Waals surface area (Å²) in [7, 11) is 0. The maximum atomic E-state index is 13.0. The maximum absolute atomic E-state index is 13.0. The zero-order valence-corrected chi connectivity index (χ0v) is 14.5. The van der Waals surface area contributed by atoms with Crippen molar-refractivity contribution in [2.75, 3.05) is 6.54 Å². The van der Waals surface area contributed by atoms with Crippen molar-refractivity contribution >= 4 is 11.9 Å². The smallest absolute Gasteiger partial charge is 0.356 e. The van der Waals surface area contributed by atoms with Gasteiger partial charge in [0.1, 0.15) is 11.9 Å². The van der Waals surface area contributed by atoms with Gasteiger partial charge in [0.25, 0.3) is 0 Å². The number of carbonyl (C=O) groups excluding carboxylic acids is 1. The van der Waals surface area contributed by atoms with Gasteiger partial charge in [-0.05, 0) is 17.2 Å². The third kappa shape index (κ3) is 3.31. The molecule has 7 heteroatoms. The summed E-state index contributed by atoms with van der Waals surface area (Å²) in [5.41, 5.74) is 1.74. The van der Waals surface area contributed by atoms with Gasteiger partial charge < -0.3 is 14.6 Å². The third-order valence-corrected chi connectivity index (χ3v) is 4.68. The maximum Gasteiger partial charge on any atom is 0.356 e. The van der Waals surface area contributed by atoms with Crippen LogP contribution in [0.1, 0.15) is 33.5 Å². The zero-order valence-electron chi connectivity index (χ0n) is 14.5. The van der Waals surface area contributed by atoms with Gasteiger partial charge >= 0.3 is 5.97 Å². The Kier molecular flexibility index (Phi) is 4.42. The Morgan fingerprint density at radius 3 is 2.63 bits per heavy atom. The Balaban J connectivity index is 1.72. The third-order valence-electron chi connectivity index (χ3n) is 4.68. The highest BCUT2D eigenvalue weighted by atomic mass is 16.4. The number of benzene rings is 1. The molecule has 3 heterocycles. The number of amides is 1. The molecule has 136 valence electrons. The van der Waals surface area contributed by atoms with E-state index in [9.17, 15) is 14.7 Å². The van der Waals surface area contributed by atoms with E-state index in [0.717, 1.165) is 11.1 Å². The lowest BCUT2D eigenvalue weighted by Gasteiger charge is -2.36. The molecule has 0 bridgehead atoms. The molecule has 1 unspecified atom stereocenters. The first-order chi connectivity index (χ1) is 13.1. The molecule has 1 aliphatic rings. The second-order valence-electron chi connectivity index (χ2n) is 6.42. The molecule has 0 spiro atoms. The van der Waals surface area contributed by atoms with E-state index in [-0.39, 0.29) is 18.0 Å². The van der Waals surface area contributed by atoms with E-state index in [0.29, 0.717) is 18.9 Å². The van der Waals surface area contributed by atoms with Crippen molar-refractivity contribution in [3.05, 3.63) is 83.7 Å². The number of hydrogen-bond donors (Lipinski definition) is 1. The number of aromatic nitrogens is 3. The fourth-order valence-corrected chi connectivity index (χ4v) is 3.43. The van der Waals surface area contributed by atoms with Crippen molar-refractivity contribution in [2.45, 2.75) is 19.0 Å². The zero-order chi connectivity index (χ0) is 18.8. The molecule has 0 aliphatic carbocycles. The number of imidazole rings is 1. The quantitative estimate of drug-likeness (QED) is 0.768. The summed E-state index contributed by atoms with van der Waals surface area (Å²) in [6, 6.07) is 12.8. The number of carbonyl (C=O) groups is 2. The summed E-state index contributed by atoms with van der Waals surface area (Å²) in [4.78, 5) is 34.5. The first-order valence-electron chi connectivity index (χ1n) is 8.67. The number of aromatic carboxylic acids is 1. The van der Waals surface area contributed by atoms with Gasteiger partial charge in [-0.2, -0.15) is 0 Å². The molecule has 2 aromatic heterocycles. The molecule has 0 saturated carbocycles. The van der Waals surface area contributed by atoms with Crippen LogP contribution in [-0.4, -0.2) is 43.0 Å². The molecule has 3 aromatic rings. The van der Waals surface area contributed by atoms with E-state index in [2.05, 4.69) is 9.97 Å². The number of carboxylic acids is 1. The standard InChI is InChI=1S/C20H18N4O3/c25-17(11-14-5-4-8-21-12-14)24-10-9-23-13-16(20(26)27)22-19(23)18(24)15-6-2-1-3-7-15/h1-8,12-13,18H,9-11H2,(H,26,27). The topological polar surface area (TPSA) is 88.3 Å². The lowest BCUT2D eigenvalue weighted by atomic mass is 10.0. The predicted molar refractivity (Wildman–Crippen MR) is 97.1 cm³/mol. The molecule has 1 aliphatic heterocycles. The summed E-state index contributed by atoms with van der Waals surface area (Å²) in [6.45, 7) is 0.999. The fraction of sp³-hybridized carbons (Fsp3) is 0.200. The Bertz CT molecular complexity index is 969. The Hall–Kier alpha value is -3.48. The number of nitrogens with zero attached hydrogens (tertiary/aromatic N) is 4. The van der Waals surface area contributed by atoms with Crippen molar-refractivity contribution < 1.29 is 14.7 Å². The summed E-state index contributed by atoms with van der Waals surface area (Å²) in [5.74, 6) is -0.538. The van der Waals surface area contributed by atoms with Crippen molar-refractivity contribution in [2.24, 2.45) is 0 Å².